The summed E-state index contributed by atoms with van der Waals surface area (Å²) in [4.78, 5) is 11.7. The number of anilines is 1. The number of nitrogens with one attached hydrogen (secondary N) is 2. The van der Waals surface area contributed by atoms with Crippen molar-refractivity contribution in [1.82, 2.24) is 5.32 Å². The monoisotopic (exact) mass is 296 g/mol. The van der Waals surface area contributed by atoms with Crippen LogP contribution in [-0.2, 0) is 14.6 Å². The third-order valence-electron chi connectivity index (χ3n) is 2.83. The molecular weight excluding hydrogens is 280 g/mol. The van der Waals surface area contributed by atoms with Crippen LogP contribution in [0.1, 0.15) is 0 Å². The van der Waals surface area contributed by atoms with Crippen LogP contribution in [0.15, 0.2) is 35.7 Å². The first-order valence-corrected chi connectivity index (χ1v) is 7.78. The van der Waals surface area contributed by atoms with E-state index in [2.05, 4.69) is 10.6 Å². The minimum Gasteiger partial charge on any atom is -0.497 e. The Morgan fingerprint density at radius 3 is 2.60 bits per heavy atom. The molecule has 1 aromatic rings. The van der Waals surface area contributed by atoms with E-state index >= 15 is 0 Å². The van der Waals surface area contributed by atoms with Gasteiger partial charge in [-0.2, -0.15) is 0 Å². The third-order valence-corrected chi connectivity index (χ3v) is 4.22. The Morgan fingerprint density at radius 2 is 2.05 bits per heavy atom. The molecule has 0 spiro atoms. The van der Waals surface area contributed by atoms with Gasteiger partial charge in [-0.25, -0.2) is 8.42 Å². The SMILES string of the molecule is COc1ccc(NC(=O)CNC2C=CS(=O)(=O)C2)cc1. The second-order valence-corrected chi connectivity index (χ2v) is 6.35. The molecule has 7 heteroatoms. The summed E-state index contributed by atoms with van der Waals surface area (Å²) >= 11 is 0. The van der Waals surface area contributed by atoms with Crippen LogP contribution in [0.4, 0.5) is 5.69 Å². The number of benzene rings is 1. The summed E-state index contributed by atoms with van der Waals surface area (Å²) in [5.74, 6) is 0.485. The Kier molecular flexibility index (Phi) is 4.41. The van der Waals surface area contributed by atoms with Crippen molar-refractivity contribution in [2.45, 2.75) is 6.04 Å². The molecule has 0 fully saturated rings. The van der Waals surface area contributed by atoms with Crippen molar-refractivity contribution >= 4 is 21.4 Å². The van der Waals surface area contributed by atoms with E-state index in [1.807, 2.05) is 0 Å². The van der Waals surface area contributed by atoms with Gasteiger partial charge in [0.15, 0.2) is 9.84 Å². The number of sulfone groups is 1. The molecule has 1 atom stereocenters. The maximum Gasteiger partial charge on any atom is 0.238 e. The number of hydrogen-bond donors (Lipinski definition) is 2. The summed E-state index contributed by atoms with van der Waals surface area (Å²) in [5, 5.41) is 6.76. The molecule has 0 saturated heterocycles. The van der Waals surface area contributed by atoms with E-state index in [9.17, 15) is 13.2 Å². The van der Waals surface area contributed by atoms with Crippen LogP contribution in [0.2, 0.25) is 0 Å². The van der Waals surface area contributed by atoms with E-state index in [0.29, 0.717) is 11.4 Å². The second-order valence-electron chi connectivity index (χ2n) is 4.42. The molecule has 0 bridgehead atoms. The highest BCUT2D eigenvalue weighted by Crippen LogP contribution is 2.14. The van der Waals surface area contributed by atoms with Crippen LogP contribution in [0.3, 0.4) is 0 Å². The standard InChI is InChI=1S/C13H16N2O4S/c1-19-12-4-2-10(3-5-12)15-13(16)8-14-11-6-7-20(17,18)9-11/h2-7,11,14H,8-9H2,1H3,(H,15,16). The van der Waals surface area contributed by atoms with Crippen LogP contribution in [-0.4, -0.2) is 39.8 Å². The Bertz CT molecular complexity index is 608. The maximum atomic E-state index is 11.7. The highest BCUT2D eigenvalue weighted by molar-refractivity contribution is 7.94. The lowest BCUT2D eigenvalue weighted by Gasteiger charge is -2.10. The molecule has 0 radical (unpaired) electrons. The van der Waals surface area contributed by atoms with Gasteiger partial charge in [-0.3, -0.25) is 4.79 Å². The van der Waals surface area contributed by atoms with Crippen molar-refractivity contribution in [3.05, 3.63) is 35.7 Å². The zero-order valence-electron chi connectivity index (χ0n) is 11.0. The summed E-state index contributed by atoms with van der Waals surface area (Å²) < 4.78 is 27.4. The molecule has 6 nitrogen and oxygen atoms in total. The predicted molar refractivity (Wildman–Crippen MR) is 76.3 cm³/mol. The van der Waals surface area contributed by atoms with Gasteiger partial charge in [-0.05, 0) is 24.3 Å². The van der Waals surface area contributed by atoms with Gasteiger partial charge in [0.1, 0.15) is 5.75 Å². The highest BCUT2D eigenvalue weighted by atomic mass is 32.2. The lowest BCUT2D eigenvalue weighted by Crippen LogP contribution is -2.36. The molecule has 1 amide bonds. The average Bonchev–Trinajstić information content (AvgIpc) is 2.77. The van der Waals surface area contributed by atoms with Gasteiger partial charge in [0.25, 0.3) is 0 Å². The van der Waals surface area contributed by atoms with Gasteiger partial charge < -0.3 is 15.4 Å². The number of ether oxygens (including phenoxy) is 1. The normalized spacial score (nSPS) is 19.8. The molecular formula is C13H16N2O4S. The Morgan fingerprint density at radius 1 is 1.35 bits per heavy atom. The molecule has 1 unspecified atom stereocenters. The fraction of sp³-hybridized carbons (Fsp3) is 0.308. The largest absolute Gasteiger partial charge is 0.497 e. The molecule has 1 aliphatic rings. The van der Waals surface area contributed by atoms with E-state index < -0.39 is 9.84 Å². The van der Waals surface area contributed by atoms with Gasteiger partial charge in [-0.1, -0.05) is 6.08 Å². The molecule has 1 aromatic carbocycles. The van der Waals surface area contributed by atoms with Crippen molar-refractivity contribution in [3.8, 4) is 5.75 Å². The minimum atomic E-state index is -3.10. The van der Waals surface area contributed by atoms with Crippen LogP contribution in [0.25, 0.3) is 0 Å². The van der Waals surface area contributed by atoms with Gasteiger partial charge >= 0.3 is 0 Å². The summed E-state index contributed by atoms with van der Waals surface area (Å²) in [6.45, 7) is 0.0521. The fourth-order valence-corrected chi connectivity index (χ4v) is 3.08. The topological polar surface area (TPSA) is 84.5 Å². The average molecular weight is 296 g/mol. The summed E-state index contributed by atoms with van der Waals surface area (Å²) in [7, 11) is -1.53. The van der Waals surface area contributed by atoms with Crippen LogP contribution >= 0.6 is 0 Å². The lowest BCUT2D eigenvalue weighted by atomic mass is 10.3. The molecule has 0 aliphatic carbocycles. The third kappa shape index (κ3) is 4.07. The summed E-state index contributed by atoms with van der Waals surface area (Å²) in [6, 6.07) is 6.65. The Hall–Kier alpha value is -1.86. The van der Waals surface area contributed by atoms with Crippen LogP contribution in [0, 0.1) is 0 Å². The Labute approximate surface area is 117 Å². The van der Waals surface area contributed by atoms with Crippen LogP contribution in [0.5, 0.6) is 5.75 Å². The lowest BCUT2D eigenvalue weighted by molar-refractivity contribution is -0.115. The number of carbonyl (C=O) groups is 1. The van der Waals surface area contributed by atoms with E-state index in [4.69, 9.17) is 4.74 Å². The van der Waals surface area contributed by atoms with Gasteiger partial charge in [0, 0.05) is 17.1 Å². The molecule has 0 saturated carbocycles. The van der Waals surface area contributed by atoms with Crippen molar-refractivity contribution in [3.63, 3.8) is 0 Å². The molecule has 0 aromatic heterocycles. The number of methoxy groups -OCH3 is 1. The molecule has 1 heterocycles. The van der Waals surface area contributed by atoms with Crippen LogP contribution < -0.4 is 15.4 Å². The van der Waals surface area contributed by atoms with Crippen molar-refractivity contribution in [2.24, 2.45) is 0 Å². The quantitative estimate of drug-likeness (QED) is 0.828. The van der Waals surface area contributed by atoms with Crippen molar-refractivity contribution in [2.75, 3.05) is 24.7 Å². The van der Waals surface area contributed by atoms with Gasteiger partial charge in [0.05, 0.1) is 19.4 Å². The molecule has 2 rings (SSSR count). The van der Waals surface area contributed by atoms with E-state index in [1.54, 1.807) is 37.5 Å². The molecule has 108 valence electrons. The molecule has 1 aliphatic heterocycles. The number of carbonyl (C=O) groups excluding carboxylic acids is 1. The van der Waals surface area contributed by atoms with Gasteiger partial charge in [0.2, 0.25) is 5.91 Å². The number of rotatable bonds is 5. The van der Waals surface area contributed by atoms with E-state index in [0.717, 1.165) is 0 Å². The Balaban J connectivity index is 1.79. The smallest absolute Gasteiger partial charge is 0.238 e. The second kappa shape index (κ2) is 6.06. The first-order valence-electron chi connectivity index (χ1n) is 6.07. The number of amides is 1. The molecule has 20 heavy (non-hydrogen) atoms. The van der Waals surface area contributed by atoms with Gasteiger partial charge in [-0.15, -0.1) is 0 Å². The molecule has 2 N–H and O–H groups in total. The fourth-order valence-electron chi connectivity index (χ4n) is 1.81. The zero-order valence-corrected chi connectivity index (χ0v) is 11.8. The van der Waals surface area contributed by atoms with Crippen molar-refractivity contribution < 1.29 is 17.9 Å². The zero-order chi connectivity index (χ0) is 14.6. The number of hydrogen-bond acceptors (Lipinski definition) is 5. The predicted octanol–water partition coefficient (Wildman–Crippen LogP) is 0.534. The van der Waals surface area contributed by atoms with E-state index in [1.165, 1.54) is 5.41 Å². The van der Waals surface area contributed by atoms with Crippen molar-refractivity contribution in [1.29, 1.82) is 0 Å². The first-order chi connectivity index (χ1) is 9.48. The maximum absolute atomic E-state index is 11.7. The minimum absolute atomic E-state index is 0.00279. The summed E-state index contributed by atoms with van der Waals surface area (Å²) in [6.07, 6.45) is 1.55. The first kappa shape index (κ1) is 14.5. The summed E-state index contributed by atoms with van der Waals surface area (Å²) in [5.41, 5.74) is 0.659. The van der Waals surface area contributed by atoms with E-state index in [-0.39, 0.29) is 24.2 Å². The highest BCUT2D eigenvalue weighted by Gasteiger charge is 2.21.